The van der Waals surface area contributed by atoms with Crippen molar-refractivity contribution < 1.29 is 4.74 Å². The SMILES string of the molecule is COc1ccc(Cc2nnc(NCc3ccccc3)[nH]c2=O)cc1. The van der Waals surface area contributed by atoms with E-state index in [9.17, 15) is 4.79 Å². The molecule has 0 aliphatic carbocycles. The summed E-state index contributed by atoms with van der Waals surface area (Å²) >= 11 is 0. The van der Waals surface area contributed by atoms with E-state index in [1.165, 1.54) is 0 Å². The van der Waals surface area contributed by atoms with Crippen LogP contribution in [0.15, 0.2) is 59.4 Å². The van der Waals surface area contributed by atoms with Crippen LogP contribution in [0, 0.1) is 0 Å². The molecule has 0 saturated heterocycles. The Hall–Kier alpha value is -3.15. The summed E-state index contributed by atoms with van der Waals surface area (Å²) in [5, 5.41) is 11.1. The molecule has 0 unspecified atom stereocenters. The zero-order valence-electron chi connectivity index (χ0n) is 13.3. The number of rotatable bonds is 6. The summed E-state index contributed by atoms with van der Waals surface area (Å²) < 4.78 is 5.12. The van der Waals surface area contributed by atoms with Crippen LogP contribution in [-0.2, 0) is 13.0 Å². The molecule has 0 aliphatic heterocycles. The first-order valence-electron chi connectivity index (χ1n) is 7.61. The molecule has 24 heavy (non-hydrogen) atoms. The summed E-state index contributed by atoms with van der Waals surface area (Å²) in [4.78, 5) is 14.9. The van der Waals surface area contributed by atoms with Crippen molar-refractivity contribution in [3.8, 4) is 5.75 Å². The number of hydrogen-bond acceptors (Lipinski definition) is 5. The van der Waals surface area contributed by atoms with Gasteiger partial charge >= 0.3 is 0 Å². The standard InChI is InChI=1S/C18H18N4O2/c1-24-15-9-7-13(8-10-15)11-16-17(23)20-18(22-21-16)19-12-14-5-3-2-4-6-14/h2-10H,11-12H2,1H3,(H2,19,20,22,23). The molecule has 0 amide bonds. The Morgan fingerprint density at radius 1 is 1.00 bits per heavy atom. The molecule has 3 rings (SSSR count). The number of nitrogens with zero attached hydrogens (tertiary/aromatic N) is 2. The van der Waals surface area contributed by atoms with Crippen molar-refractivity contribution in [3.63, 3.8) is 0 Å². The smallest absolute Gasteiger partial charge is 0.274 e. The molecule has 6 heteroatoms. The largest absolute Gasteiger partial charge is 0.497 e. The van der Waals surface area contributed by atoms with Crippen LogP contribution in [0.25, 0.3) is 0 Å². The van der Waals surface area contributed by atoms with Gasteiger partial charge in [-0.05, 0) is 23.3 Å². The van der Waals surface area contributed by atoms with Crippen LogP contribution >= 0.6 is 0 Å². The van der Waals surface area contributed by atoms with Gasteiger partial charge < -0.3 is 10.1 Å². The van der Waals surface area contributed by atoms with E-state index in [-0.39, 0.29) is 5.56 Å². The number of ether oxygens (including phenoxy) is 1. The van der Waals surface area contributed by atoms with Gasteiger partial charge in [-0.2, -0.15) is 0 Å². The van der Waals surface area contributed by atoms with E-state index in [2.05, 4.69) is 20.5 Å². The van der Waals surface area contributed by atoms with Gasteiger partial charge in [0.05, 0.1) is 7.11 Å². The van der Waals surface area contributed by atoms with Crippen molar-refractivity contribution in [1.29, 1.82) is 0 Å². The maximum Gasteiger partial charge on any atom is 0.274 e. The molecule has 1 aromatic heterocycles. The Labute approximate surface area is 139 Å². The number of H-pyrrole nitrogens is 1. The molecular formula is C18H18N4O2. The van der Waals surface area contributed by atoms with Gasteiger partial charge in [0.25, 0.3) is 5.56 Å². The summed E-state index contributed by atoms with van der Waals surface area (Å²) in [7, 11) is 1.62. The Balaban J connectivity index is 1.66. The summed E-state index contributed by atoms with van der Waals surface area (Å²) in [5.74, 6) is 1.14. The average Bonchev–Trinajstić information content (AvgIpc) is 2.63. The van der Waals surface area contributed by atoms with Crippen LogP contribution in [0.1, 0.15) is 16.8 Å². The van der Waals surface area contributed by atoms with Crippen molar-refractivity contribution in [2.75, 3.05) is 12.4 Å². The quantitative estimate of drug-likeness (QED) is 0.728. The Kier molecular flexibility index (Phi) is 4.86. The third-order valence-electron chi connectivity index (χ3n) is 3.60. The van der Waals surface area contributed by atoms with Crippen LogP contribution in [0.2, 0.25) is 0 Å². The fraction of sp³-hybridized carbons (Fsp3) is 0.167. The van der Waals surface area contributed by atoms with Crippen LogP contribution in [0.3, 0.4) is 0 Å². The molecule has 0 bridgehead atoms. The third-order valence-corrected chi connectivity index (χ3v) is 3.60. The van der Waals surface area contributed by atoms with Crippen molar-refractivity contribution >= 4 is 5.95 Å². The molecule has 2 N–H and O–H groups in total. The molecule has 0 saturated carbocycles. The molecule has 3 aromatic rings. The second kappa shape index (κ2) is 7.41. The van der Waals surface area contributed by atoms with Gasteiger partial charge in [0.2, 0.25) is 5.95 Å². The van der Waals surface area contributed by atoms with Gasteiger partial charge in [-0.15, -0.1) is 10.2 Å². The maximum absolute atomic E-state index is 12.2. The van der Waals surface area contributed by atoms with E-state index >= 15 is 0 Å². The first kappa shape index (κ1) is 15.7. The van der Waals surface area contributed by atoms with Gasteiger partial charge in [0, 0.05) is 13.0 Å². The van der Waals surface area contributed by atoms with E-state index in [1.54, 1.807) is 7.11 Å². The Morgan fingerprint density at radius 3 is 2.42 bits per heavy atom. The molecule has 0 radical (unpaired) electrons. The fourth-order valence-corrected chi connectivity index (χ4v) is 2.27. The Bertz CT molecular complexity index is 845. The second-order valence-electron chi connectivity index (χ2n) is 5.31. The van der Waals surface area contributed by atoms with Crippen LogP contribution in [-0.4, -0.2) is 22.3 Å². The number of hydrogen-bond donors (Lipinski definition) is 2. The van der Waals surface area contributed by atoms with E-state index in [1.807, 2.05) is 54.6 Å². The van der Waals surface area contributed by atoms with E-state index in [0.29, 0.717) is 24.6 Å². The van der Waals surface area contributed by atoms with Gasteiger partial charge in [-0.25, -0.2) is 0 Å². The lowest BCUT2D eigenvalue weighted by atomic mass is 10.1. The zero-order valence-corrected chi connectivity index (χ0v) is 13.3. The first-order valence-corrected chi connectivity index (χ1v) is 7.61. The van der Waals surface area contributed by atoms with E-state index in [0.717, 1.165) is 16.9 Å². The lowest BCUT2D eigenvalue weighted by Gasteiger charge is -2.06. The number of aromatic amines is 1. The summed E-state index contributed by atoms with van der Waals surface area (Å²) in [6.07, 6.45) is 0.422. The number of benzene rings is 2. The minimum Gasteiger partial charge on any atom is -0.497 e. The van der Waals surface area contributed by atoms with Crippen LogP contribution < -0.4 is 15.6 Å². The van der Waals surface area contributed by atoms with Crippen molar-refractivity contribution in [3.05, 3.63) is 81.8 Å². The lowest BCUT2D eigenvalue weighted by Crippen LogP contribution is -2.19. The number of nitrogens with one attached hydrogen (secondary N) is 2. The van der Waals surface area contributed by atoms with Gasteiger partial charge in [-0.3, -0.25) is 9.78 Å². The molecule has 0 atom stereocenters. The fourth-order valence-electron chi connectivity index (χ4n) is 2.27. The van der Waals surface area contributed by atoms with Gasteiger partial charge in [-0.1, -0.05) is 42.5 Å². The molecule has 0 aliphatic rings. The predicted octanol–water partition coefficient (Wildman–Crippen LogP) is 2.38. The van der Waals surface area contributed by atoms with Crippen molar-refractivity contribution in [2.45, 2.75) is 13.0 Å². The molecule has 0 spiro atoms. The Morgan fingerprint density at radius 2 is 1.75 bits per heavy atom. The number of aromatic nitrogens is 3. The summed E-state index contributed by atoms with van der Waals surface area (Å²) in [6, 6.07) is 17.4. The normalized spacial score (nSPS) is 10.4. The third kappa shape index (κ3) is 3.98. The van der Waals surface area contributed by atoms with Crippen molar-refractivity contribution in [1.82, 2.24) is 15.2 Å². The second-order valence-corrected chi connectivity index (χ2v) is 5.31. The molecule has 6 nitrogen and oxygen atoms in total. The number of anilines is 1. The zero-order chi connectivity index (χ0) is 16.8. The maximum atomic E-state index is 12.2. The minimum absolute atomic E-state index is 0.239. The highest BCUT2D eigenvalue weighted by atomic mass is 16.5. The molecule has 122 valence electrons. The summed E-state index contributed by atoms with van der Waals surface area (Å²) in [6.45, 7) is 0.573. The average molecular weight is 322 g/mol. The summed E-state index contributed by atoms with van der Waals surface area (Å²) in [5.41, 5.74) is 2.21. The highest BCUT2D eigenvalue weighted by Gasteiger charge is 2.06. The molecule has 0 fully saturated rings. The highest BCUT2D eigenvalue weighted by molar-refractivity contribution is 5.30. The van der Waals surface area contributed by atoms with E-state index < -0.39 is 0 Å². The molecular weight excluding hydrogens is 304 g/mol. The topological polar surface area (TPSA) is 79.9 Å². The lowest BCUT2D eigenvalue weighted by molar-refractivity contribution is 0.414. The van der Waals surface area contributed by atoms with Gasteiger partial charge in [0.1, 0.15) is 11.4 Å². The monoisotopic (exact) mass is 322 g/mol. The number of methoxy groups -OCH3 is 1. The molecule has 1 heterocycles. The highest BCUT2D eigenvalue weighted by Crippen LogP contribution is 2.12. The predicted molar refractivity (Wildman–Crippen MR) is 92.2 cm³/mol. The minimum atomic E-state index is -0.239. The van der Waals surface area contributed by atoms with Crippen molar-refractivity contribution in [2.24, 2.45) is 0 Å². The molecule has 2 aromatic carbocycles. The first-order chi connectivity index (χ1) is 11.7. The van der Waals surface area contributed by atoms with Crippen LogP contribution in [0.4, 0.5) is 5.95 Å². The van der Waals surface area contributed by atoms with Gasteiger partial charge in [0.15, 0.2) is 0 Å². The van der Waals surface area contributed by atoms with E-state index in [4.69, 9.17) is 4.74 Å². The van der Waals surface area contributed by atoms with Crippen LogP contribution in [0.5, 0.6) is 5.75 Å².